The molecule has 1 fully saturated rings. The van der Waals surface area contributed by atoms with Gasteiger partial charge in [0.2, 0.25) is 0 Å². The first kappa shape index (κ1) is 12.9. The van der Waals surface area contributed by atoms with Gasteiger partial charge in [0.25, 0.3) is 0 Å². The van der Waals surface area contributed by atoms with Crippen LogP contribution in [0.15, 0.2) is 24.3 Å². The van der Waals surface area contributed by atoms with E-state index in [1.165, 1.54) is 0 Å². The predicted octanol–water partition coefficient (Wildman–Crippen LogP) is 1.83. The van der Waals surface area contributed by atoms with Crippen LogP contribution in [0, 0.1) is 12.8 Å². The molecule has 18 heavy (non-hydrogen) atoms. The normalized spacial score (nSPS) is 18.1. The third-order valence-corrected chi connectivity index (χ3v) is 3.59. The fraction of sp³-hybridized carbons (Fsp3) is 0.500. The first-order chi connectivity index (χ1) is 8.58. The first-order valence-electron chi connectivity index (χ1n) is 6.20. The first-order valence-corrected chi connectivity index (χ1v) is 6.20. The summed E-state index contributed by atoms with van der Waals surface area (Å²) < 4.78 is 5.64. The van der Waals surface area contributed by atoms with Crippen molar-refractivity contribution in [2.24, 2.45) is 5.92 Å². The Morgan fingerprint density at radius 1 is 1.44 bits per heavy atom. The van der Waals surface area contributed by atoms with Gasteiger partial charge in [0.1, 0.15) is 12.4 Å². The zero-order chi connectivity index (χ0) is 13.2. The molecule has 2 N–H and O–H groups in total. The minimum atomic E-state index is -0.953. The van der Waals surface area contributed by atoms with Crippen LogP contribution >= 0.6 is 0 Å². The van der Waals surface area contributed by atoms with Crippen molar-refractivity contribution in [2.75, 3.05) is 13.7 Å². The summed E-state index contributed by atoms with van der Waals surface area (Å²) in [4.78, 5) is 11.5. The van der Waals surface area contributed by atoms with Crippen LogP contribution < -0.4 is 10.1 Å². The Morgan fingerprint density at radius 3 is 2.50 bits per heavy atom. The van der Waals surface area contributed by atoms with Crippen LogP contribution in [0.25, 0.3) is 0 Å². The SMILES string of the molecule is CNC(COc1ccc(C)cc1)(C(=O)O)C1CC1. The van der Waals surface area contributed by atoms with Crippen LogP contribution in [0.5, 0.6) is 5.75 Å². The van der Waals surface area contributed by atoms with Gasteiger partial charge in [-0.15, -0.1) is 0 Å². The second-order valence-electron chi connectivity index (χ2n) is 4.90. The van der Waals surface area contributed by atoms with Crippen molar-refractivity contribution in [2.45, 2.75) is 25.3 Å². The summed E-state index contributed by atoms with van der Waals surface area (Å²) in [5, 5.41) is 12.3. The minimum absolute atomic E-state index is 0.159. The number of hydrogen-bond donors (Lipinski definition) is 2. The third-order valence-electron chi connectivity index (χ3n) is 3.59. The van der Waals surface area contributed by atoms with Gasteiger partial charge >= 0.3 is 5.97 Å². The zero-order valence-corrected chi connectivity index (χ0v) is 10.8. The van der Waals surface area contributed by atoms with Gasteiger partial charge in [0, 0.05) is 0 Å². The molecule has 1 aliphatic rings. The van der Waals surface area contributed by atoms with Gasteiger partial charge in [-0.05, 0) is 44.9 Å². The summed E-state index contributed by atoms with van der Waals surface area (Å²) in [7, 11) is 1.69. The second-order valence-corrected chi connectivity index (χ2v) is 4.90. The number of carbonyl (C=O) groups is 1. The maximum atomic E-state index is 11.5. The molecule has 1 aliphatic carbocycles. The molecule has 1 saturated carbocycles. The molecular formula is C14H19NO3. The van der Waals surface area contributed by atoms with E-state index in [2.05, 4.69) is 5.32 Å². The highest BCUT2D eigenvalue weighted by molar-refractivity contribution is 5.80. The molecule has 98 valence electrons. The summed E-state index contributed by atoms with van der Waals surface area (Å²) in [6.07, 6.45) is 1.90. The Morgan fingerprint density at radius 2 is 2.06 bits per heavy atom. The summed E-state index contributed by atoms with van der Waals surface area (Å²) in [6, 6.07) is 7.64. The molecule has 0 amide bonds. The lowest BCUT2D eigenvalue weighted by Crippen LogP contribution is -2.56. The molecule has 0 bridgehead atoms. The number of aliphatic carboxylic acids is 1. The molecule has 1 aromatic carbocycles. The van der Waals surface area contributed by atoms with E-state index < -0.39 is 11.5 Å². The lowest BCUT2D eigenvalue weighted by molar-refractivity contribution is -0.147. The second kappa shape index (κ2) is 4.98. The fourth-order valence-corrected chi connectivity index (χ4v) is 2.15. The largest absolute Gasteiger partial charge is 0.491 e. The van der Waals surface area contributed by atoms with Crippen LogP contribution in [0.4, 0.5) is 0 Å². The molecule has 1 atom stereocenters. The Hall–Kier alpha value is -1.55. The van der Waals surface area contributed by atoms with Gasteiger partial charge in [0.15, 0.2) is 5.54 Å². The summed E-state index contributed by atoms with van der Waals surface area (Å²) in [5.74, 6) is 0.0483. The maximum Gasteiger partial charge on any atom is 0.327 e. The van der Waals surface area contributed by atoms with Crippen LogP contribution in [0.3, 0.4) is 0 Å². The van der Waals surface area contributed by atoms with Gasteiger partial charge in [-0.3, -0.25) is 4.79 Å². The number of hydrogen-bond acceptors (Lipinski definition) is 3. The molecule has 0 aromatic heterocycles. The lowest BCUT2D eigenvalue weighted by atomic mass is 9.94. The molecule has 4 heteroatoms. The fourth-order valence-electron chi connectivity index (χ4n) is 2.15. The van der Waals surface area contributed by atoms with Crippen LogP contribution in [-0.4, -0.2) is 30.3 Å². The summed E-state index contributed by atoms with van der Waals surface area (Å²) in [5.41, 5.74) is 0.202. The molecule has 0 aliphatic heterocycles. The average Bonchev–Trinajstić information content (AvgIpc) is 3.17. The van der Waals surface area contributed by atoms with E-state index in [4.69, 9.17) is 4.74 Å². The number of carboxylic acids is 1. The quantitative estimate of drug-likeness (QED) is 0.807. The third kappa shape index (κ3) is 2.48. The van der Waals surface area contributed by atoms with Crippen molar-refractivity contribution in [3.05, 3.63) is 29.8 Å². The summed E-state index contributed by atoms with van der Waals surface area (Å²) in [6.45, 7) is 2.16. The van der Waals surface area contributed by atoms with E-state index in [0.29, 0.717) is 5.75 Å². The molecule has 0 radical (unpaired) electrons. The number of nitrogens with one attached hydrogen (secondary N) is 1. The van der Waals surface area contributed by atoms with Crippen LogP contribution in [-0.2, 0) is 4.79 Å². The lowest BCUT2D eigenvalue weighted by Gasteiger charge is -2.28. The predicted molar refractivity (Wildman–Crippen MR) is 68.8 cm³/mol. The van der Waals surface area contributed by atoms with Crippen molar-refractivity contribution in [1.29, 1.82) is 0 Å². The molecule has 0 spiro atoms. The monoisotopic (exact) mass is 249 g/mol. The summed E-state index contributed by atoms with van der Waals surface area (Å²) >= 11 is 0. The number of likely N-dealkylation sites (N-methyl/N-ethyl adjacent to an activating group) is 1. The standard InChI is InChI=1S/C14H19NO3/c1-10-3-7-12(8-4-10)18-9-14(15-2,13(16)17)11-5-6-11/h3-4,7-8,11,15H,5-6,9H2,1-2H3,(H,16,17). The average molecular weight is 249 g/mol. The Balaban J connectivity index is 2.06. The van der Waals surface area contributed by atoms with E-state index in [9.17, 15) is 9.90 Å². The topological polar surface area (TPSA) is 58.6 Å². The van der Waals surface area contributed by atoms with Crippen LogP contribution in [0.2, 0.25) is 0 Å². The molecule has 0 heterocycles. The van der Waals surface area contributed by atoms with E-state index in [0.717, 1.165) is 18.4 Å². The molecule has 1 unspecified atom stereocenters. The van der Waals surface area contributed by atoms with Crippen molar-refractivity contribution in [3.63, 3.8) is 0 Å². The number of aryl methyl sites for hydroxylation is 1. The molecular weight excluding hydrogens is 230 g/mol. The minimum Gasteiger partial charge on any atom is -0.491 e. The molecule has 4 nitrogen and oxygen atoms in total. The van der Waals surface area contributed by atoms with E-state index >= 15 is 0 Å². The van der Waals surface area contributed by atoms with E-state index in [1.807, 2.05) is 31.2 Å². The smallest absolute Gasteiger partial charge is 0.327 e. The van der Waals surface area contributed by atoms with Gasteiger partial charge in [-0.2, -0.15) is 0 Å². The van der Waals surface area contributed by atoms with Gasteiger partial charge in [0.05, 0.1) is 0 Å². The maximum absolute atomic E-state index is 11.5. The zero-order valence-electron chi connectivity index (χ0n) is 10.8. The molecule has 2 rings (SSSR count). The molecule has 1 aromatic rings. The van der Waals surface area contributed by atoms with Crippen molar-refractivity contribution in [1.82, 2.24) is 5.32 Å². The van der Waals surface area contributed by atoms with Crippen molar-refractivity contribution >= 4 is 5.97 Å². The molecule has 0 saturated heterocycles. The highest BCUT2D eigenvalue weighted by atomic mass is 16.5. The van der Waals surface area contributed by atoms with Crippen LogP contribution in [0.1, 0.15) is 18.4 Å². The number of benzene rings is 1. The number of ether oxygens (including phenoxy) is 1. The number of rotatable bonds is 6. The van der Waals surface area contributed by atoms with Crippen molar-refractivity contribution in [3.8, 4) is 5.75 Å². The van der Waals surface area contributed by atoms with Gasteiger partial charge < -0.3 is 15.2 Å². The van der Waals surface area contributed by atoms with Crippen molar-refractivity contribution < 1.29 is 14.6 Å². The van der Waals surface area contributed by atoms with E-state index in [-0.39, 0.29) is 12.5 Å². The Bertz CT molecular complexity index is 425. The Labute approximate surface area is 107 Å². The van der Waals surface area contributed by atoms with E-state index in [1.54, 1.807) is 7.05 Å². The Kier molecular flexibility index (Phi) is 3.57. The van der Waals surface area contributed by atoms with Gasteiger partial charge in [-0.1, -0.05) is 17.7 Å². The number of carboxylic acid groups (broad SMARTS) is 1. The highest BCUT2D eigenvalue weighted by Crippen LogP contribution is 2.40. The van der Waals surface area contributed by atoms with Gasteiger partial charge in [-0.25, -0.2) is 0 Å². The highest BCUT2D eigenvalue weighted by Gasteiger charge is 2.51.